The minimum absolute atomic E-state index is 0.0982. The van der Waals surface area contributed by atoms with E-state index in [1.807, 2.05) is 29.8 Å². The van der Waals surface area contributed by atoms with E-state index in [1.54, 1.807) is 12.1 Å². The van der Waals surface area contributed by atoms with Gasteiger partial charge in [-0.25, -0.2) is 0 Å². The number of carbonyl (C=O) groups is 1. The van der Waals surface area contributed by atoms with Crippen LogP contribution in [0.1, 0.15) is 37.7 Å². The van der Waals surface area contributed by atoms with Crippen LogP contribution in [-0.2, 0) is 16.0 Å². The minimum atomic E-state index is -0.0982. The van der Waals surface area contributed by atoms with Gasteiger partial charge >= 0.3 is 0 Å². The summed E-state index contributed by atoms with van der Waals surface area (Å²) >= 11 is 14.1. The smallest absolute Gasteiger partial charge is 0.227 e. The molecule has 1 aromatic rings. The lowest BCUT2D eigenvalue weighted by molar-refractivity contribution is -0.135. The van der Waals surface area contributed by atoms with Crippen molar-refractivity contribution in [1.82, 2.24) is 9.80 Å². The second-order valence-corrected chi connectivity index (χ2v) is 10.4. The maximum Gasteiger partial charge on any atom is 0.227 e. The molecule has 0 N–H and O–H groups in total. The van der Waals surface area contributed by atoms with Gasteiger partial charge in [0.2, 0.25) is 5.91 Å². The number of ether oxygens (including phenoxy) is 1. The molecule has 28 heavy (non-hydrogen) atoms. The minimum Gasteiger partial charge on any atom is -0.363 e. The van der Waals surface area contributed by atoms with Gasteiger partial charge in [-0.15, -0.1) is 11.8 Å². The maximum atomic E-state index is 13.2. The highest BCUT2D eigenvalue weighted by atomic mass is 35.5. The third-order valence-electron chi connectivity index (χ3n) is 6.44. The molecule has 0 radical (unpaired) electrons. The highest BCUT2D eigenvalue weighted by Crippen LogP contribution is 2.47. The van der Waals surface area contributed by atoms with Crippen LogP contribution >= 0.6 is 35.0 Å². The quantitative estimate of drug-likeness (QED) is 0.688. The van der Waals surface area contributed by atoms with Crippen LogP contribution in [0, 0.1) is 0 Å². The molecule has 0 bridgehead atoms. The Morgan fingerprint density at radius 3 is 2.79 bits per heavy atom. The molecule has 1 spiro atoms. The number of likely N-dealkylation sites (tertiary alicyclic amines) is 1. The van der Waals surface area contributed by atoms with E-state index in [2.05, 4.69) is 4.90 Å². The van der Waals surface area contributed by atoms with Crippen molar-refractivity contribution in [2.24, 2.45) is 0 Å². The van der Waals surface area contributed by atoms with Crippen molar-refractivity contribution >= 4 is 40.9 Å². The lowest BCUT2D eigenvalue weighted by Gasteiger charge is -2.48. The van der Waals surface area contributed by atoms with Crippen molar-refractivity contribution in [2.75, 3.05) is 32.5 Å². The molecule has 4 nitrogen and oxygen atoms in total. The van der Waals surface area contributed by atoms with E-state index in [9.17, 15) is 4.79 Å². The fraction of sp³-hybridized carbons (Fsp3) is 0.667. The third-order valence-corrected chi connectivity index (χ3v) is 8.56. The van der Waals surface area contributed by atoms with Crippen LogP contribution in [0.25, 0.3) is 0 Å². The second kappa shape index (κ2) is 8.73. The van der Waals surface area contributed by atoms with Crippen LogP contribution in [0.15, 0.2) is 18.2 Å². The fourth-order valence-electron chi connectivity index (χ4n) is 4.90. The molecule has 3 atom stereocenters. The largest absolute Gasteiger partial charge is 0.363 e. The number of benzene rings is 1. The molecule has 3 fully saturated rings. The number of nitrogens with zero attached hydrogens (tertiary/aromatic N) is 2. The standard InChI is InChI=1S/C21H28Cl2N2O2S/c1-24(20(26)13-15-4-5-16(22)17(23)12-15)19-14-21(27-10-11-28-21)7-6-18(19)25-8-2-3-9-25/h4-5,12,18-19H,2-3,6-11,13-14H2,1H3/t18?,19-,21-/m0/s1. The highest BCUT2D eigenvalue weighted by Gasteiger charge is 2.48. The molecule has 1 saturated carbocycles. The summed E-state index contributed by atoms with van der Waals surface area (Å²) in [5.41, 5.74) is 0.904. The molecule has 2 heterocycles. The molecular weight excluding hydrogens is 415 g/mol. The Labute approximate surface area is 181 Å². The van der Waals surface area contributed by atoms with Gasteiger partial charge < -0.3 is 9.64 Å². The summed E-state index contributed by atoms with van der Waals surface area (Å²) in [5, 5.41) is 1.02. The number of likely N-dealkylation sites (N-methyl/N-ethyl adjacent to an activating group) is 1. The molecule has 7 heteroatoms. The molecule has 1 aliphatic carbocycles. The van der Waals surface area contributed by atoms with Crippen molar-refractivity contribution in [3.05, 3.63) is 33.8 Å². The van der Waals surface area contributed by atoms with Crippen LogP contribution in [-0.4, -0.2) is 65.2 Å². The molecule has 3 aliphatic rings. The second-order valence-electron chi connectivity index (χ2n) is 8.16. The molecule has 4 rings (SSSR count). The summed E-state index contributed by atoms with van der Waals surface area (Å²) in [7, 11) is 1.96. The zero-order valence-corrected chi connectivity index (χ0v) is 18.7. The van der Waals surface area contributed by atoms with Crippen LogP contribution in [0.3, 0.4) is 0 Å². The monoisotopic (exact) mass is 442 g/mol. The first-order chi connectivity index (χ1) is 13.5. The summed E-state index contributed by atoms with van der Waals surface area (Å²) in [4.78, 5) is 17.6. The SMILES string of the molecule is CN(C(=O)Cc1ccc(Cl)c(Cl)c1)[C@H]1C[C@@]2(CCC1N1CCCC1)OCCS2. The van der Waals surface area contributed by atoms with E-state index in [4.69, 9.17) is 27.9 Å². The molecular formula is C21H28Cl2N2O2S. The Bertz CT molecular complexity index is 720. The summed E-state index contributed by atoms with van der Waals surface area (Å²) < 4.78 is 6.17. The van der Waals surface area contributed by atoms with Crippen LogP contribution in [0.4, 0.5) is 0 Å². The maximum absolute atomic E-state index is 13.2. The zero-order chi connectivity index (χ0) is 19.7. The summed E-state index contributed by atoms with van der Waals surface area (Å²) in [6.07, 6.45) is 5.98. The van der Waals surface area contributed by atoms with Gasteiger partial charge in [0, 0.05) is 25.3 Å². The van der Waals surface area contributed by atoms with E-state index in [1.165, 1.54) is 12.8 Å². The predicted molar refractivity (Wildman–Crippen MR) is 116 cm³/mol. The Hall–Kier alpha value is -0.460. The highest BCUT2D eigenvalue weighted by molar-refractivity contribution is 8.00. The molecule has 0 aromatic heterocycles. The van der Waals surface area contributed by atoms with Gasteiger partial charge in [0.15, 0.2) is 0 Å². The summed E-state index contributed by atoms with van der Waals surface area (Å²) in [5.74, 6) is 1.19. The molecule has 154 valence electrons. The number of hydrogen-bond donors (Lipinski definition) is 0. The van der Waals surface area contributed by atoms with Gasteiger partial charge in [-0.2, -0.15) is 0 Å². The number of halogens is 2. The number of rotatable bonds is 4. The topological polar surface area (TPSA) is 32.8 Å². The van der Waals surface area contributed by atoms with Crippen molar-refractivity contribution in [1.29, 1.82) is 0 Å². The Balaban J connectivity index is 1.50. The van der Waals surface area contributed by atoms with Crippen molar-refractivity contribution in [3.8, 4) is 0 Å². The van der Waals surface area contributed by atoms with Crippen LogP contribution in [0.5, 0.6) is 0 Å². The van der Waals surface area contributed by atoms with Crippen LogP contribution < -0.4 is 0 Å². The average Bonchev–Trinajstić information content (AvgIpc) is 3.37. The van der Waals surface area contributed by atoms with Crippen LogP contribution in [0.2, 0.25) is 10.0 Å². The Kier molecular flexibility index (Phi) is 6.48. The van der Waals surface area contributed by atoms with Crippen molar-refractivity contribution < 1.29 is 9.53 Å². The third kappa shape index (κ3) is 4.34. The zero-order valence-electron chi connectivity index (χ0n) is 16.3. The lowest BCUT2D eigenvalue weighted by atomic mass is 9.85. The number of thioether (sulfide) groups is 1. The molecule has 1 unspecified atom stereocenters. The lowest BCUT2D eigenvalue weighted by Crippen LogP contribution is -2.57. The first kappa shape index (κ1) is 20.8. The van der Waals surface area contributed by atoms with E-state index >= 15 is 0 Å². The number of hydrogen-bond acceptors (Lipinski definition) is 4. The van der Waals surface area contributed by atoms with Gasteiger partial charge in [0.05, 0.1) is 29.1 Å². The normalized spacial score (nSPS) is 30.8. The summed E-state index contributed by atoms with van der Waals surface area (Å²) in [6.45, 7) is 3.13. The van der Waals surface area contributed by atoms with Gasteiger partial charge in [-0.1, -0.05) is 29.3 Å². The number of amides is 1. The Morgan fingerprint density at radius 2 is 2.11 bits per heavy atom. The first-order valence-electron chi connectivity index (χ1n) is 10.2. The van der Waals surface area contributed by atoms with E-state index in [-0.39, 0.29) is 16.9 Å². The molecule has 1 aromatic carbocycles. The van der Waals surface area contributed by atoms with Gasteiger partial charge in [-0.3, -0.25) is 9.69 Å². The van der Waals surface area contributed by atoms with E-state index in [0.717, 1.165) is 50.3 Å². The average molecular weight is 443 g/mol. The van der Waals surface area contributed by atoms with Gasteiger partial charge in [0.25, 0.3) is 0 Å². The Morgan fingerprint density at radius 1 is 1.32 bits per heavy atom. The van der Waals surface area contributed by atoms with Crippen molar-refractivity contribution in [3.63, 3.8) is 0 Å². The van der Waals surface area contributed by atoms with Gasteiger partial charge in [-0.05, 0) is 56.5 Å². The first-order valence-corrected chi connectivity index (χ1v) is 11.9. The molecule has 1 amide bonds. The molecule has 2 aliphatic heterocycles. The fourth-order valence-corrected chi connectivity index (χ4v) is 6.48. The van der Waals surface area contributed by atoms with Gasteiger partial charge in [0.1, 0.15) is 4.93 Å². The summed E-state index contributed by atoms with van der Waals surface area (Å²) in [6, 6.07) is 6.06. The van der Waals surface area contributed by atoms with E-state index < -0.39 is 0 Å². The van der Waals surface area contributed by atoms with E-state index in [0.29, 0.717) is 22.5 Å². The number of carbonyl (C=O) groups excluding carboxylic acids is 1. The molecule has 2 saturated heterocycles. The predicted octanol–water partition coefficient (Wildman–Crippen LogP) is 4.47. The van der Waals surface area contributed by atoms with Crippen molar-refractivity contribution in [2.45, 2.75) is 55.5 Å².